The van der Waals surface area contributed by atoms with E-state index in [1.165, 1.54) is 18.2 Å². The van der Waals surface area contributed by atoms with E-state index in [-0.39, 0.29) is 12.4 Å². The topological polar surface area (TPSA) is 166 Å². The summed E-state index contributed by atoms with van der Waals surface area (Å²) in [5.41, 5.74) is 0.646. The summed E-state index contributed by atoms with van der Waals surface area (Å²) in [7, 11) is 0. The van der Waals surface area contributed by atoms with Crippen LogP contribution >= 0.6 is 0 Å². The highest BCUT2D eigenvalue weighted by atomic mass is 16.7. The second-order valence-electron chi connectivity index (χ2n) is 6.20. The van der Waals surface area contributed by atoms with Gasteiger partial charge in [-0.3, -0.25) is 0 Å². The monoisotopic (exact) mass is 400 g/mol. The minimum Gasteiger partial charge on any atom is -0.508 e. The largest absolute Gasteiger partial charge is 0.508 e. The molecule has 6 atom stereocenters. The number of esters is 1. The standard InChI is InChI=1S/C18H24O10/c19-7-12(27-14(22)6-3-10-1-4-11(21)5-2-10)9-26-18-17(25)16(24)15(23)13(8-20)28-18/h1-6,12-13,15-21,23-25H,7-9H2/t12-,13-,15-,16+,17-,18-/m1/s1. The molecule has 2 rings (SSSR count). The summed E-state index contributed by atoms with van der Waals surface area (Å²) in [5.74, 6) is -0.671. The number of aliphatic hydroxyl groups is 5. The van der Waals surface area contributed by atoms with Crippen LogP contribution in [0.1, 0.15) is 5.56 Å². The number of carbonyl (C=O) groups excluding carboxylic acids is 1. The Hall–Kier alpha value is -2.05. The number of ether oxygens (including phenoxy) is 3. The Morgan fingerprint density at radius 1 is 1.11 bits per heavy atom. The van der Waals surface area contributed by atoms with Crippen LogP contribution in [0.5, 0.6) is 5.75 Å². The lowest BCUT2D eigenvalue weighted by Gasteiger charge is -2.39. The van der Waals surface area contributed by atoms with Gasteiger partial charge in [-0.05, 0) is 23.8 Å². The van der Waals surface area contributed by atoms with Crippen molar-refractivity contribution in [2.24, 2.45) is 0 Å². The van der Waals surface area contributed by atoms with Crippen molar-refractivity contribution in [2.75, 3.05) is 19.8 Å². The van der Waals surface area contributed by atoms with Crippen molar-refractivity contribution >= 4 is 12.0 Å². The number of rotatable bonds is 8. The molecule has 6 N–H and O–H groups in total. The van der Waals surface area contributed by atoms with E-state index in [4.69, 9.17) is 19.3 Å². The number of aromatic hydroxyl groups is 1. The molecule has 0 aromatic heterocycles. The molecule has 0 amide bonds. The Balaban J connectivity index is 1.86. The molecule has 1 aliphatic heterocycles. The van der Waals surface area contributed by atoms with Gasteiger partial charge in [0.1, 0.15) is 36.3 Å². The van der Waals surface area contributed by atoms with Gasteiger partial charge in [0, 0.05) is 6.08 Å². The average Bonchev–Trinajstić information content (AvgIpc) is 2.70. The maximum Gasteiger partial charge on any atom is 0.331 e. The molecule has 28 heavy (non-hydrogen) atoms. The molecule has 1 aromatic carbocycles. The Labute approximate surface area is 160 Å². The van der Waals surface area contributed by atoms with Crippen LogP contribution in [0, 0.1) is 0 Å². The van der Waals surface area contributed by atoms with Crippen molar-refractivity contribution in [2.45, 2.75) is 36.8 Å². The van der Waals surface area contributed by atoms with E-state index in [1.54, 1.807) is 12.1 Å². The first kappa shape index (κ1) is 22.2. The van der Waals surface area contributed by atoms with Gasteiger partial charge in [-0.1, -0.05) is 12.1 Å². The molecule has 156 valence electrons. The van der Waals surface area contributed by atoms with Gasteiger partial charge >= 0.3 is 5.97 Å². The number of carbonyl (C=O) groups is 1. The van der Waals surface area contributed by atoms with Crippen LogP contribution in [-0.2, 0) is 19.0 Å². The quantitative estimate of drug-likeness (QED) is 0.215. The minimum atomic E-state index is -1.60. The van der Waals surface area contributed by atoms with Crippen molar-refractivity contribution < 1.29 is 49.6 Å². The Morgan fingerprint density at radius 3 is 2.39 bits per heavy atom. The highest BCUT2D eigenvalue weighted by molar-refractivity contribution is 5.87. The van der Waals surface area contributed by atoms with Crippen LogP contribution in [0.2, 0.25) is 0 Å². The molecule has 0 radical (unpaired) electrons. The average molecular weight is 400 g/mol. The smallest absolute Gasteiger partial charge is 0.331 e. The van der Waals surface area contributed by atoms with E-state index in [1.807, 2.05) is 0 Å². The Morgan fingerprint density at radius 2 is 1.79 bits per heavy atom. The highest BCUT2D eigenvalue weighted by Crippen LogP contribution is 2.22. The third-order valence-corrected chi connectivity index (χ3v) is 4.09. The second kappa shape index (κ2) is 10.5. The fourth-order valence-electron chi connectivity index (χ4n) is 2.48. The number of benzene rings is 1. The number of phenolic OH excluding ortho intramolecular Hbond substituents is 1. The maximum atomic E-state index is 11.8. The van der Waals surface area contributed by atoms with Gasteiger partial charge < -0.3 is 44.8 Å². The number of hydrogen-bond donors (Lipinski definition) is 6. The van der Waals surface area contributed by atoms with E-state index in [9.17, 15) is 30.3 Å². The van der Waals surface area contributed by atoms with Crippen LogP contribution in [0.4, 0.5) is 0 Å². The summed E-state index contributed by atoms with van der Waals surface area (Å²) in [6.45, 7) is -1.54. The molecule has 10 heteroatoms. The second-order valence-corrected chi connectivity index (χ2v) is 6.20. The predicted octanol–water partition coefficient (Wildman–Crippen LogP) is -1.87. The van der Waals surface area contributed by atoms with Crippen molar-refractivity contribution in [3.63, 3.8) is 0 Å². The zero-order valence-corrected chi connectivity index (χ0v) is 14.9. The van der Waals surface area contributed by atoms with Crippen molar-refractivity contribution in [1.82, 2.24) is 0 Å². The summed E-state index contributed by atoms with van der Waals surface area (Å²) in [4.78, 5) is 11.8. The van der Waals surface area contributed by atoms with Crippen LogP contribution in [0.15, 0.2) is 30.3 Å². The van der Waals surface area contributed by atoms with E-state index >= 15 is 0 Å². The first-order valence-electron chi connectivity index (χ1n) is 8.56. The first-order valence-corrected chi connectivity index (χ1v) is 8.56. The summed E-state index contributed by atoms with van der Waals surface area (Å²) in [6, 6.07) is 6.08. The minimum absolute atomic E-state index is 0.0883. The molecule has 1 aromatic rings. The molecule has 0 saturated carbocycles. The molecule has 0 spiro atoms. The number of phenols is 1. The van der Waals surface area contributed by atoms with Gasteiger partial charge in [0.25, 0.3) is 0 Å². The molecule has 1 aliphatic rings. The lowest BCUT2D eigenvalue weighted by molar-refractivity contribution is -0.305. The van der Waals surface area contributed by atoms with Gasteiger partial charge in [-0.15, -0.1) is 0 Å². The third kappa shape index (κ3) is 5.97. The SMILES string of the molecule is O=C(C=Cc1ccc(O)cc1)O[C@H](CO)CO[C@@H]1O[C@H](CO)[C@@H](O)[C@H](O)[C@H]1O. The summed E-state index contributed by atoms with van der Waals surface area (Å²) in [5, 5.41) is 57.0. The fraction of sp³-hybridized carbons (Fsp3) is 0.500. The van der Waals surface area contributed by atoms with Crippen LogP contribution < -0.4 is 0 Å². The van der Waals surface area contributed by atoms with Crippen molar-refractivity contribution in [1.29, 1.82) is 0 Å². The van der Waals surface area contributed by atoms with Crippen LogP contribution in [0.3, 0.4) is 0 Å². The number of hydrogen-bond acceptors (Lipinski definition) is 10. The molecule has 0 unspecified atom stereocenters. The molecular weight excluding hydrogens is 376 g/mol. The molecule has 1 heterocycles. The lowest BCUT2D eigenvalue weighted by atomic mass is 9.99. The van der Waals surface area contributed by atoms with Gasteiger partial charge in [0.05, 0.1) is 19.8 Å². The highest BCUT2D eigenvalue weighted by Gasteiger charge is 2.44. The van der Waals surface area contributed by atoms with Crippen LogP contribution in [-0.4, -0.2) is 93.2 Å². The maximum absolute atomic E-state index is 11.8. The number of aliphatic hydroxyl groups excluding tert-OH is 5. The molecule has 10 nitrogen and oxygen atoms in total. The van der Waals surface area contributed by atoms with E-state index in [0.29, 0.717) is 5.56 Å². The first-order chi connectivity index (χ1) is 13.3. The Bertz CT molecular complexity index is 644. The van der Waals surface area contributed by atoms with Gasteiger partial charge in [-0.25, -0.2) is 4.79 Å². The van der Waals surface area contributed by atoms with Crippen molar-refractivity contribution in [3.05, 3.63) is 35.9 Å². The third-order valence-electron chi connectivity index (χ3n) is 4.09. The van der Waals surface area contributed by atoms with Gasteiger partial charge in [-0.2, -0.15) is 0 Å². The van der Waals surface area contributed by atoms with Gasteiger partial charge in [0.15, 0.2) is 6.29 Å². The normalized spacial score (nSPS) is 29.0. The van der Waals surface area contributed by atoms with E-state index < -0.39 is 56.0 Å². The zero-order chi connectivity index (χ0) is 20.7. The summed E-state index contributed by atoms with van der Waals surface area (Å²) >= 11 is 0. The van der Waals surface area contributed by atoms with Crippen LogP contribution in [0.25, 0.3) is 6.08 Å². The summed E-state index contributed by atoms with van der Waals surface area (Å²) < 4.78 is 15.4. The van der Waals surface area contributed by atoms with Crippen molar-refractivity contribution in [3.8, 4) is 5.75 Å². The zero-order valence-electron chi connectivity index (χ0n) is 14.9. The summed E-state index contributed by atoms with van der Waals surface area (Å²) in [6.07, 6.45) is -5.73. The van der Waals surface area contributed by atoms with Gasteiger partial charge in [0.2, 0.25) is 0 Å². The molecule has 0 bridgehead atoms. The molecule has 0 aliphatic carbocycles. The molecular formula is C18H24O10. The predicted molar refractivity (Wildman–Crippen MR) is 93.8 cm³/mol. The molecule has 1 fully saturated rings. The van der Waals surface area contributed by atoms with E-state index in [2.05, 4.69) is 0 Å². The molecule has 1 saturated heterocycles. The fourth-order valence-corrected chi connectivity index (χ4v) is 2.48. The van der Waals surface area contributed by atoms with E-state index in [0.717, 1.165) is 6.08 Å². The lowest BCUT2D eigenvalue weighted by Crippen LogP contribution is -2.59. The Kier molecular flexibility index (Phi) is 8.33.